The molecule has 1 unspecified atom stereocenters. The summed E-state index contributed by atoms with van der Waals surface area (Å²) in [7, 11) is 1.53. The van der Waals surface area contributed by atoms with Crippen LogP contribution < -0.4 is 20.3 Å². The summed E-state index contributed by atoms with van der Waals surface area (Å²) in [6, 6.07) is 12.9. The molecule has 1 aliphatic heterocycles. The second-order valence-corrected chi connectivity index (χ2v) is 6.85. The van der Waals surface area contributed by atoms with Crippen molar-refractivity contribution in [3.05, 3.63) is 54.9 Å². The molecule has 3 aromatic rings. The van der Waals surface area contributed by atoms with Crippen molar-refractivity contribution < 1.29 is 19.1 Å². The van der Waals surface area contributed by atoms with Crippen LogP contribution in [0.3, 0.4) is 0 Å². The molecule has 9 nitrogen and oxygen atoms in total. The molecule has 9 heteroatoms. The second kappa shape index (κ2) is 8.24. The molecule has 0 aliphatic carbocycles. The highest BCUT2D eigenvalue weighted by Gasteiger charge is 2.39. The monoisotopic (exact) mass is 407 g/mol. The predicted octanol–water partition coefficient (Wildman–Crippen LogP) is 1.68. The predicted molar refractivity (Wildman–Crippen MR) is 110 cm³/mol. The van der Waals surface area contributed by atoms with Gasteiger partial charge in [-0.2, -0.15) is 0 Å². The van der Waals surface area contributed by atoms with E-state index in [1.165, 1.54) is 7.11 Å². The van der Waals surface area contributed by atoms with Gasteiger partial charge >= 0.3 is 6.03 Å². The zero-order valence-electron chi connectivity index (χ0n) is 16.4. The van der Waals surface area contributed by atoms with Crippen LogP contribution in [0.1, 0.15) is 6.42 Å². The van der Waals surface area contributed by atoms with Gasteiger partial charge in [0.05, 0.1) is 36.6 Å². The Bertz CT molecular complexity index is 1090. The molecule has 1 atom stereocenters. The minimum Gasteiger partial charge on any atom is -0.497 e. The third-order valence-electron chi connectivity index (χ3n) is 4.94. The minimum atomic E-state index is -0.895. The molecule has 1 aromatic heterocycles. The van der Waals surface area contributed by atoms with Crippen molar-refractivity contribution in [3.8, 4) is 5.75 Å². The third-order valence-corrected chi connectivity index (χ3v) is 4.94. The number of imide groups is 1. The molecule has 1 aliphatic rings. The molecular weight excluding hydrogens is 386 g/mol. The zero-order chi connectivity index (χ0) is 21.1. The Labute approximate surface area is 172 Å². The van der Waals surface area contributed by atoms with Crippen LogP contribution in [0, 0.1) is 0 Å². The van der Waals surface area contributed by atoms with Crippen molar-refractivity contribution in [2.75, 3.05) is 18.6 Å². The minimum absolute atomic E-state index is 0.123. The Hall–Kier alpha value is -3.88. The average Bonchev–Trinajstić information content (AvgIpc) is 3.29. The Balaban J connectivity index is 1.32. The number of ether oxygens (including phenoxy) is 1. The van der Waals surface area contributed by atoms with Gasteiger partial charge in [-0.3, -0.25) is 9.59 Å². The Morgan fingerprint density at radius 1 is 1.17 bits per heavy atom. The molecule has 4 amide bonds. The molecule has 4 rings (SSSR count). The maximum atomic E-state index is 12.6. The summed E-state index contributed by atoms with van der Waals surface area (Å²) in [5, 5.41) is 5.36. The molecule has 0 spiro atoms. The summed E-state index contributed by atoms with van der Waals surface area (Å²) < 4.78 is 7.03. The van der Waals surface area contributed by atoms with Crippen LogP contribution in [0.5, 0.6) is 5.75 Å². The van der Waals surface area contributed by atoms with Gasteiger partial charge in [-0.15, -0.1) is 0 Å². The van der Waals surface area contributed by atoms with Crippen molar-refractivity contribution in [3.63, 3.8) is 0 Å². The summed E-state index contributed by atoms with van der Waals surface area (Å²) in [4.78, 5) is 42.5. The number of benzene rings is 2. The molecule has 0 radical (unpaired) electrons. The molecular formula is C21H21N5O4. The fraction of sp³-hybridized carbons (Fsp3) is 0.238. The fourth-order valence-corrected chi connectivity index (χ4v) is 3.41. The summed E-state index contributed by atoms with van der Waals surface area (Å²) in [6.45, 7) is 0.936. The van der Waals surface area contributed by atoms with Crippen molar-refractivity contribution >= 4 is 34.6 Å². The number of carbonyl (C=O) groups is 3. The van der Waals surface area contributed by atoms with Crippen LogP contribution in [-0.4, -0.2) is 47.1 Å². The van der Waals surface area contributed by atoms with Crippen molar-refractivity contribution in [2.24, 2.45) is 0 Å². The van der Waals surface area contributed by atoms with E-state index in [2.05, 4.69) is 15.6 Å². The van der Waals surface area contributed by atoms with Gasteiger partial charge in [-0.1, -0.05) is 12.1 Å². The van der Waals surface area contributed by atoms with Crippen LogP contribution in [-0.2, 0) is 16.1 Å². The number of imidazole rings is 1. The number of carbonyl (C=O) groups excluding carboxylic acids is 3. The maximum absolute atomic E-state index is 12.6. The molecule has 2 aromatic carbocycles. The number of anilines is 1. The Kier molecular flexibility index (Phi) is 5.34. The van der Waals surface area contributed by atoms with E-state index in [0.29, 0.717) is 24.5 Å². The second-order valence-electron chi connectivity index (χ2n) is 6.85. The SMILES string of the molecule is COc1ccc(N2C(=O)NC(CC(=O)NCCn3cnc4ccccc43)C2=O)cc1. The largest absolute Gasteiger partial charge is 0.497 e. The van der Waals surface area contributed by atoms with Crippen LogP contribution >= 0.6 is 0 Å². The van der Waals surface area contributed by atoms with Gasteiger partial charge in [0.2, 0.25) is 5.91 Å². The van der Waals surface area contributed by atoms with Gasteiger partial charge in [0.25, 0.3) is 5.91 Å². The molecule has 1 saturated heterocycles. The maximum Gasteiger partial charge on any atom is 0.329 e. The first-order valence-corrected chi connectivity index (χ1v) is 9.52. The zero-order valence-corrected chi connectivity index (χ0v) is 16.4. The normalized spacial score (nSPS) is 16.0. The van der Waals surface area contributed by atoms with E-state index in [1.54, 1.807) is 30.6 Å². The van der Waals surface area contributed by atoms with Crippen LogP contribution in [0.15, 0.2) is 54.9 Å². The molecule has 0 bridgehead atoms. The quantitative estimate of drug-likeness (QED) is 0.580. The summed E-state index contributed by atoms with van der Waals surface area (Å²) in [5.41, 5.74) is 2.30. The number of para-hydroxylation sites is 2. The number of amides is 4. The fourth-order valence-electron chi connectivity index (χ4n) is 3.41. The number of fused-ring (bicyclic) bond motifs is 1. The van der Waals surface area contributed by atoms with Crippen LogP contribution in [0.25, 0.3) is 11.0 Å². The van der Waals surface area contributed by atoms with Crippen molar-refractivity contribution in [1.29, 1.82) is 0 Å². The summed E-state index contributed by atoms with van der Waals surface area (Å²) >= 11 is 0. The first kappa shape index (κ1) is 19.4. The third kappa shape index (κ3) is 3.82. The lowest BCUT2D eigenvalue weighted by molar-refractivity contribution is -0.125. The highest BCUT2D eigenvalue weighted by molar-refractivity contribution is 6.22. The van der Waals surface area contributed by atoms with Crippen LogP contribution in [0.2, 0.25) is 0 Å². The molecule has 1 fully saturated rings. The number of aromatic nitrogens is 2. The number of methoxy groups -OCH3 is 1. The van der Waals surface area contributed by atoms with E-state index in [9.17, 15) is 14.4 Å². The van der Waals surface area contributed by atoms with E-state index < -0.39 is 18.0 Å². The van der Waals surface area contributed by atoms with Gasteiger partial charge in [-0.05, 0) is 36.4 Å². The lowest BCUT2D eigenvalue weighted by atomic mass is 10.2. The van der Waals surface area contributed by atoms with E-state index in [-0.39, 0.29) is 12.3 Å². The topological polar surface area (TPSA) is 106 Å². The van der Waals surface area contributed by atoms with Gasteiger partial charge in [0.15, 0.2) is 0 Å². The highest BCUT2D eigenvalue weighted by Crippen LogP contribution is 2.23. The number of rotatable bonds is 7. The van der Waals surface area contributed by atoms with Crippen molar-refractivity contribution in [1.82, 2.24) is 20.2 Å². The standard InChI is InChI=1S/C21H21N5O4/c1-30-15-8-6-14(7-9-15)26-20(28)17(24-21(26)29)12-19(27)22-10-11-25-13-23-16-4-2-3-5-18(16)25/h2-9,13,17H,10-12H2,1H3,(H,22,27)(H,24,29). The molecule has 154 valence electrons. The van der Waals surface area contributed by atoms with E-state index in [4.69, 9.17) is 4.74 Å². The molecule has 2 heterocycles. The molecule has 30 heavy (non-hydrogen) atoms. The smallest absolute Gasteiger partial charge is 0.329 e. The van der Waals surface area contributed by atoms with Crippen molar-refractivity contribution in [2.45, 2.75) is 19.0 Å². The average molecular weight is 407 g/mol. The van der Waals surface area contributed by atoms with E-state index in [1.807, 2.05) is 28.8 Å². The van der Waals surface area contributed by atoms with Gasteiger partial charge in [0.1, 0.15) is 11.8 Å². The van der Waals surface area contributed by atoms with Crippen LogP contribution in [0.4, 0.5) is 10.5 Å². The number of urea groups is 1. The first-order valence-electron chi connectivity index (χ1n) is 9.52. The Morgan fingerprint density at radius 3 is 2.70 bits per heavy atom. The number of hydrogen-bond acceptors (Lipinski definition) is 5. The lowest BCUT2D eigenvalue weighted by Crippen LogP contribution is -2.37. The number of nitrogens with zero attached hydrogens (tertiary/aromatic N) is 3. The van der Waals surface area contributed by atoms with Gasteiger partial charge in [-0.25, -0.2) is 14.7 Å². The summed E-state index contributed by atoms with van der Waals surface area (Å²) in [6.07, 6.45) is 1.60. The lowest BCUT2D eigenvalue weighted by Gasteiger charge is -2.13. The first-order chi connectivity index (χ1) is 14.6. The van der Waals surface area contributed by atoms with E-state index in [0.717, 1.165) is 15.9 Å². The Morgan fingerprint density at radius 2 is 1.93 bits per heavy atom. The molecule has 0 saturated carbocycles. The van der Waals surface area contributed by atoms with Gasteiger partial charge in [0, 0.05) is 13.1 Å². The van der Waals surface area contributed by atoms with Gasteiger partial charge < -0.3 is 19.9 Å². The number of nitrogens with one attached hydrogen (secondary N) is 2. The number of hydrogen-bond donors (Lipinski definition) is 2. The summed E-state index contributed by atoms with van der Waals surface area (Å²) in [5.74, 6) is -0.150. The van der Waals surface area contributed by atoms with E-state index >= 15 is 0 Å². The highest BCUT2D eigenvalue weighted by atomic mass is 16.5. The molecule has 2 N–H and O–H groups in total.